The molecule has 1 rings (SSSR count). The molecule has 0 saturated carbocycles. The van der Waals surface area contributed by atoms with Crippen LogP contribution in [0.15, 0.2) is 0 Å². The van der Waals surface area contributed by atoms with E-state index in [1.54, 1.807) is 6.92 Å². The van der Waals surface area contributed by atoms with Crippen molar-refractivity contribution in [3.63, 3.8) is 0 Å². The van der Waals surface area contributed by atoms with Gasteiger partial charge in [-0.3, -0.25) is 9.59 Å². The minimum Gasteiger partial charge on any atom is -0.353 e. The third-order valence-corrected chi connectivity index (χ3v) is 3.43. The molecule has 0 aliphatic carbocycles. The Morgan fingerprint density at radius 2 is 1.89 bits per heavy atom. The second-order valence-corrected chi connectivity index (χ2v) is 5.64. The van der Waals surface area contributed by atoms with Crippen LogP contribution in [0.4, 0.5) is 0 Å². The summed E-state index contributed by atoms with van der Waals surface area (Å²) >= 11 is 0. The Balaban J connectivity index is 2.21. The van der Waals surface area contributed by atoms with Crippen molar-refractivity contribution in [2.24, 2.45) is 5.92 Å². The van der Waals surface area contributed by atoms with E-state index in [1.807, 2.05) is 4.90 Å². The molecule has 1 N–H and O–H groups in total. The zero-order valence-electron chi connectivity index (χ0n) is 11.9. The molecule has 0 unspecified atom stereocenters. The maximum Gasteiger partial charge on any atom is 0.222 e. The highest BCUT2D eigenvalue weighted by atomic mass is 16.2. The second-order valence-electron chi connectivity index (χ2n) is 5.64. The molecular weight excluding hydrogens is 228 g/mol. The Labute approximate surface area is 110 Å². The third kappa shape index (κ3) is 5.52. The van der Waals surface area contributed by atoms with Gasteiger partial charge in [-0.15, -0.1) is 0 Å². The normalized spacial score (nSPS) is 17.0. The number of carbonyl (C=O) groups is 2. The molecule has 1 aliphatic rings. The van der Waals surface area contributed by atoms with E-state index in [-0.39, 0.29) is 17.9 Å². The van der Waals surface area contributed by atoms with Crippen LogP contribution in [0.1, 0.15) is 52.9 Å². The molecule has 2 amide bonds. The first kappa shape index (κ1) is 15.0. The number of carbonyl (C=O) groups excluding carboxylic acids is 2. The van der Waals surface area contributed by atoms with Gasteiger partial charge in [-0.25, -0.2) is 0 Å². The Morgan fingerprint density at radius 3 is 2.39 bits per heavy atom. The maximum atomic E-state index is 11.9. The summed E-state index contributed by atoms with van der Waals surface area (Å²) in [6, 6.07) is 0.252. The molecule has 0 aromatic heterocycles. The molecule has 0 spiro atoms. The fourth-order valence-electron chi connectivity index (χ4n) is 2.38. The largest absolute Gasteiger partial charge is 0.353 e. The van der Waals surface area contributed by atoms with E-state index in [2.05, 4.69) is 19.2 Å². The lowest BCUT2D eigenvalue weighted by Crippen LogP contribution is -2.46. The van der Waals surface area contributed by atoms with Gasteiger partial charge in [-0.2, -0.15) is 0 Å². The highest BCUT2D eigenvalue weighted by Crippen LogP contribution is 2.13. The van der Waals surface area contributed by atoms with Gasteiger partial charge in [-0.1, -0.05) is 20.3 Å². The molecule has 104 valence electrons. The van der Waals surface area contributed by atoms with Crippen molar-refractivity contribution in [1.29, 1.82) is 0 Å². The first-order valence-electron chi connectivity index (χ1n) is 7.04. The van der Waals surface area contributed by atoms with Crippen LogP contribution in [0.5, 0.6) is 0 Å². The summed E-state index contributed by atoms with van der Waals surface area (Å²) in [4.78, 5) is 24.8. The van der Waals surface area contributed by atoms with Gasteiger partial charge in [0.05, 0.1) is 0 Å². The van der Waals surface area contributed by atoms with Gasteiger partial charge < -0.3 is 10.2 Å². The molecular formula is C14H26N2O2. The summed E-state index contributed by atoms with van der Waals surface area (Å²) in [5, 5.41) is 2.92. The highest BCUT2D eigenvalue weighted by Gasteiger charge is 2.22. The highest BCUT2D eigenvalue weighted by molar-refractivity contribution is 5.76. The van der Waals surface area contributed by atoms with Crippen molar-refractivity contribution in [2.45, 2.75) is 58.9 Å². The van der Waals surface area contributed by atoms with Gasteiger partial charge in [0.15, 0.2) is 0 Å². The summed E-state index contributed by atoms with van der Waals surface area (Å²) in [7, 11) is 0. The molecule has 0 aromatic rings. The minimum absolute atomic E-state index is 0.0247. The van der Waals surface area contributed by atoms with Gasteiger partial charge in [-0.05, 0) is 25.2 Å². The number of amides is 2. The Morgan fingerprint density at radius 1 is 1.28 bits per heavy atom. The second kappa shape index (κ2) is 7.39. The minimum atomic E-state index is 0.0247. The number of hydrogen-bond donors (Lipinski definition) is 1. The topological polar surface area (TPSA) is 49.4 Å². The molecule has 4 heteroatoms. The first-order valence-corrected chi connectivity index (χ1v) is 7.04. The van der Waals surface area contributed by atoms with Crippen LogP contribution in [0.3, 0.4) is 0 Å². The lowest BCUT2D eigenvalue weighted by molar-refractivity contribution is -0.132. The predicted octanol–water partition coefficient (Wildman–Crippen LogP) is 1.94. The molecule has 0 aromatic carbocycles. The van der Waals surface area contributed by atoms with Crippen LogP contribution in [-0.4, -0.2) is 35.8 Å². The fourth-order valence-corrected chi connectivity index (χ4v) is 2.38. The molecule has 18 heavy (non-hydrogen) atoms. The molecule has 1 heterocycles. The predicted molar refractivity (Wildman–Crippen MR) is 72.1 cm³/mol. The van der Waals surface area contributed by atoms with Crippen molar-refractivity contribution < 1.29 is 9.59 Å². The van der Waals surface area contributed by atoms with E-state index in [0.717, 1.165) is 38.8 Å². The van der Waals surface area contributed by atoms with Crippen LogP contribution >= 0.6 is 0 Å². The summed E-state index contributed by atoms with van der Waals surface area (Å²) in [6.45, 7) is 7.48. The van der Waals surface area contributed by atoms with Gasteiger partial charge in [0, 0.05) is 32.5 Å². The first-order chi connectivity index (χ1) is 8.49. The fraction of sp³-hybridized carbons (Fsp3) is 0.857. The zero-order valence-corrected chi connectivity index (χ0v) is 11.9. The van der Waals surface area contributed by atoms with E-state index in [1.165, 1.54) is 0 Å². The van der Waals surface area contributed by atoms with Crippen LogP contribution in [0.25, 0.3) is 0 Å². The maximum absolute atomic E-state index is 11.9. The smallest absolute Gasteiger partial charge is 0.222 e. The van der Waals surface area contributed by atoms with Gasteiger partial charge in [0.2, 0.25) is 11.8 Å². The van der Waals surface area contributed by atoms with Crippen LogP contribution < -0.4 is 5.32 Å². The third-order valence-electron chi connectivity index (χ3n) is 3.43. The van der Waals surface area contributed by atoms with Crippen molar-refractivity contribution >= 4 is 11.8 Å². The molecule has 1 saturated heterocycles. The molecule has 0 atom stereocenters. The van der Waals surface area contributed by atoms with Crippen molar-refractivity contribution in [3.05, 3.63) is 0 Å². The SMILES string of the molecule is CC(=O)NC1CCN(C(=O)CCCC(C)C)CC1. The van der Waals surface area contributed by atoms with E-state index in [4.69, 9.17) is 0 Å². The summed E-state index contributed by atoms with van der Waals surface area (Å²) in [5.41, 5.74) is 0. The number of nitrogens with one attached hydrogen (secondary N) is 1. The lowest BCUT2D eigenvalue weighted by Gasteiger charge is -2.32. The number of nitrogens with zero attached hydrogens (tertiary/aromatic N) is 1. The molecule has 0 bridgehead atoms. The van der Waals surface area contributed by atoms with Gasteiger partial charge in [0.1, 0.15) is 0 Å². The number of likely N-dealkylation sites (tertiary alicyclic amines) is 1. The van der Waals surface area contributed by atoms with Gasteiger partial charge >= 0.3 is 0 Å². The lowest BCUT2D eigenvalue weighted by atomic mass is 10.0. The van der Waals surface area contributed by atoms with E-state index in [0.29, 0.717) is 12.3 Å². The Bertz CT molecular complexity index is 282. The van der Waals surface area contributed by atoms with Crippen LogP contribution in [0, 0.1) is 5.92 Å². The molecule has 4 nitrogen and oxygen atoms in total. The average molecular weight is 254 g/mol. The van der Waals surface area contributed by atoms with Crippen LogP contribution in [-0.2, 0) is 9.59 Å². The molecule has 1 fully saturated rings. The standard InChI is InChI=1S/C14H26N2O2/c1-11(2)5-4-6-14(18)16-9-7-13(8-10-16)15-12(3)17/h11,13H,4-10H2,1-3H3,(H,15,17). The van der Waals surface area contributed by atoms with E-state index < -0.39 is 0 Å². The Kier molecular flexibility index (Phi) is 6.16. The number of hydrogen-bond acceptors (Lipinski definition) is 2. The van der Waals surface area contributed by atoms with Crippen LogP contribution in [0.2, 0.25) is 0 Å². The summed E-state index contributed by atoms with van der Waals surface area (Å²) < 4.78 is 0. The molecule has 1 aliphatic heterocycles. The van der Waals surface area contributed by atoms with E-state index in [9.17, 15) is 9.59 Å². The van der Waals surface area contributed by atoms with Crippen molar-refractivity contribution in [1.82, 2.24) is 10.2 Å². The summed E-state index contributed by atoms with van der Waals surface area (Å²) in [5.74, 6) is 0.969. The zero-order chi connectivity index (χ0) is 13.5. The average Bonchev–Trinajstić information content (AvgIpc) is 2.28. The van der Waals surface area contributed by atoms with Gasteiger partial charge in [0.25, 0.3) is 0 Å². The number of piperidine rings is 1. The van der Waals surface area contributed by atoms with Crippen molar-refractivity contribution in [2.75, 3.05) is 13.1 Å². The Hall–Kier alpha value is -1.06. The van der Waals surface area contributed by atoms with E-state index >= 15 is 0 Å². The molecule has 0 radical (unpaired) electrons. The quantitative estimate of drug-likeness (QED) is 0.815. The monoisotopic (exact) mass is 254 g/mol. The summed E-state index contributed by atoms with van der Waals surface area (Å²) in [6.07, 6.45) is 4.55. The number of rotatable bonds is 5. The van der Waals surface area contributed by atoms with Crippen molar-refractivity contribution in [3.8, 4) is 0 Å².